The van der Waals surface area contributed by atoms with Crippen LogP contribution >= 0.6 is 0 Å². The maximum absolute atomic E-state index is 4.09. The van der Waals surface area contributed by atoms with E-state index in [-0.39, 0.29) is 5.54 Å². The van der Waals surface area contributed by atoms with Crippen LogP contribution in [0, 0.1) is 11.8 Å². The molecule has 0 aromatic carbocycles. The van der Waals surface area contributed by atoms with E-state index in [2.05, 4.69) is 48.5 Å². The van der Waals surface area contributed by atoms with Crippen LogP contribution < -0.4 is 5.32 Å². The third kappa shape index (κ3) is 3.77. The Hall–Kier alpha value is -0.970. The highest BCUT2D eigenvalue weighted by Crippen LogP contribution is 2.37. The zero-order valence-corrected chi connectivity index (χ0v) is 11.3. The second-order valence-electron chi connectivity index (χ2n) is 6.20. The molecule has 17 heavy (non-hydrogen) atoms. The van der Waals surface area contributed by atoms with E-state index in [0.29, 0.717) is 5.92 Å². The van der Waals surface area contributed by atoms with Crippen LogP contribution in [-0.2, 0) is 13.1 Å². The van der Waals surface area contributed by atoms with E-state index in [1.165, 1.54) is 12.8 Å². The van der Waals surface area contributed by atoms with E-state index in [9.17, 15) is 0 Å². The molecule has 1 aliphatic carbocycles. The van der Waals surface area contributed by atoms with Crippen LogP contribution in [0.25, 0.3) is 0 Å². The summed E-state index contributed by atoms with van der Waals surface area (Å²) in [4.78, 5) is 0. The Labute approximate surface area is 103 Å². The summed E-state index contributed by atoms with van der Waals surface area (Å²) in [6, 6.07) is 0. The summed E-state index contributed by atoms with van der Waals surface area (Å²) >= 11 is 0. The number of aromatic nitrogens is 4. The molecule has 1 aromatic heterocycles. The molecule has 5 nitrogen and oxygen atoms in total. The highest BCUT2D eigenvalue weighted by Gasteiger charge is 2.28. The largest absolute Gasteiger partial charge is 0.305 e. The van der Waals surface area contributed by atoms with Gasteiger partial charge in [0.15, 0.2) is 5.82 Å². The summed E-state index contributed by atoms with van der Waals surface area (Å²) in [5.74, 6) is 2.52. The van der Waals surface area contributed by atoms with Gasteiger partial charge < -0.3 is 5.32 Å². The third-order valence-corrected chi connectivity index (χ3v) is 3.27. The van der Waals surface area contributed by atoms with E-state index >= 15 is 0 Å². The molecule has 1 unspecified atom stereocenters. The van der Waals surface area contributed by atoms with Crippen molar-refractivity contribution in [3.05, 3.63) is 5.82 Å². The van der Waals surface area contributed by atoms with Gasteiger partial charge in [-0.3, -0.25) is 0 Å². The molecule has 0 aliphatic heterocycles. The molecule has 5 heteroatoms. The number of tetrazole rings is 1. The number of rotatable bonds is 5. The lowest BCUT2D eigenvalue weighted by Gasteiger charge is -2.20. The Balaban J connectivity index is 1.91. The predicted octanol–water partition coefficient (Wildman–Crippen LogP) is 1.61. The second kappa shape index (κ2) is 4.72. The fraction of sp³-hybridized carbons (Fsp3) is 0.917. The standard InChI is InChI=1S/C12H23N5/c1-9(10-5-6-10)8-17-11(14-15-16-17)7-13-12(2,3)4/h9-10,13H,5-8H2,1-4H3. The predicted molar refractivity (Wildman–Crippen MR) is 66.3 cm³/mol. The first-order valence-electron chi connectivity index (χ1n) is 6.46. The van der Waals surface area contributed by atoms with Crippen molar-refractivity contribution in [1.82, 2.24) is 25.5 Å². The highest BCUT2D eigenvalue weighted by molar-refractivity contribution is 4.86. The Morgan fingerprint density at radius 3 is 2.71 bits per heavy atom. The lowest BCUT2D eigenvalue weighted by Crippen LogP contribution is -2.36. The molecule has 0 saturated heterocycles. The molecule has 1 heterocycles. The van der Waals surface area contributed by atoms with Gasteiger partial charge in [0.2, 0.25) is 0 Å². The summed E-state index contributed by atoms with van der Waals surface area (Å²) in [5.41, 5.74) is 0.0961. The Morgan fingerprint density at radius 2 is 2.12 bits per heavy atom. The van der Waals surface area contributed by atoms with Crippen molar-refractivity contribution in [1.29, 1.82) is 0 Å². The van der Waals surface area contributed by atoms with Gasteiger partial charge in [0.1, 0.15) is 0 Å². The number of hydrogen-bond acceptors (Lipinski definition) is 4. The van der Waals surface area contributed by atoms with Crippen molar-refractivity contribution in [2.45, 2.75) is 59.2 Å². The second-order valence-corrected chi connectivity index (χ2v) is 6.20. The van der Waals surface area contributed by atoms with Crippen LogP contribution in [0.1, 0.15) is 46.4 Å². The van der Waals surface area contributed by atoms with Gasteiger partial charge in [-0.05, 0) is 55.9 Å². The van der Waals surface area contributed by atoms with Crippen LogP contribution in [0.15, 0.2) is 0 Å². The molecule has 1 N–H and O–H groups in total. The molecular formula is C12H23N5. The van der Waals surface area contributed by atoms with Gasteiger partial charge in [-0.25, -0.2) is 4.68 Å². The van der Waals surface area contributed by atoms with Gasteiger partial charge in [0.05, 0.1) is 6.54 Å². The Kier molecular flexibility index (Phi) is 3.47. The quantitative estimate of drug-likeness (QED) is 0.845. The average Bonchev–Trinajstić information content (AvgIpc) is 2.98. The van der Waals surface area contributed by atoms with E-state index in [1.807, 2.05) is 4.68 Å². The monoisotopic (exact) mass is 237 g/mol. The normalized spacial score (nSPS) is 18.4. The van der Waals surface area contributed by atoms with Crippen LogP contribution in [0.4, 0.5) is 0 Å². The van der Waals surface area contributed by atoms with Crippen LogP contribution in [0.2, 0.25) is 0 Å². The van der Waals surface area contributed by atoms with Gasteiger partial charge in [0.25, 0.3) is 0 Å². The highest BCUT2D eigenvalue weighted by atomic mass is 15.5. The average molecular weight is 237 g/mol. The minimum Gasteiger partial charge on any atom is -0.305 e. The van der Waals surface area contributed by atoms with Crippen molar-refractivity contribution in [2.24, 2.45) is 11.8 Å². The van der Waals surface area contributed by atoms with Gasteiger partial charge in [-0.15, -0.1) is 5.10 Å². The summed E-state index contributed by atoms with van der Waals surface area (Å²) in [6.45, 7) is 10.4. The minimum atomic E-state index is 0.0961. The van der Waals surface area contributed by atoms with Gasteiger partial charge in [-0.2, -0.15) is 0 Å². The van der Waals surface area contributed by atoms with Crippen molar-refractivity contribution >= 4 is 0 Å². The van der Waals surface area contributed by atoms with Crippen molar-refractivity contribution in [3.8, 4) is 0 Å². The molecule has 1 aromatic rings. The first-order chi connectivity index (χ1) is 7.96. The first kappa shape index (κ1) is 12.5. The van der Waals surface area contributed by atoms with Gasteiger partial charge in [0, 0.05) is 12.1 Å². The van der Waals surface area contributed by atoms with Crippen LogP contribution in [0.5, 0.6) is 0 Å². The topological polar surface area (TPSA) is 55.6 Å². The fourth-order valence-corrected chi connectivity index (χ4v) is 1.92. The van der Waals surface area contributed by atoms with E-state index in [0.717, 1.165) is 24.8 Å². The summed E-state index contributed by atoms with van der Waals surface area (Å²) in [5, 5.41) is 15.4. The molecule has 0 radical (unpaired) electrons. The van der Waals surface area contributed by atoms with Gasteiger partial charge in [-0.1, -0.05) is 6.92 Å². The van der Waals surface area contributed by atoms with E-state index in [1.54, 1.807) is 0 Å². The Morgan fingerprint density at radius 1 is 1.41 bits per heavy atom. The zero-order valence-electron chi connectivity index (χ0n) is 11.3. The van der Waals surface area contributed by atoms with Crippen LogP contribution in [-0.4, -0.2) is 25.7 Å². The SMILES string of the molecule is CC(Cn1nnnc1CNC(C)(C)C)C1CC1. The van der Waals surface area contributed by atoms with E-state index in [4.69, 9.17) is 0 Å². The maximum Gasteiger partial charge on any atom is 0.165 e. The van der Waals surface area contributed by atoms with Crippen molar-refractivity contribution in [2.75, 3.05) is 0 Å². The molecule has 1 fully saturated rings. The molecule has 96 valence electrons. The third-order valence-electron chi connectivity index (χ3n) is 3.27. The van der Waals surface area contributed by atoms with Crippen LogP contribution in [0.3, 0.4) is 0 Å². The molecule has 0 amide bonds. The Bertz CT molecular complexity index is 361. The summed E-state index contributed by atoms with van der Waals surface area (Å²) < 4.78 is 1.95. The minimum absolute atomic E-state index is 0.0961. The molecule has 1 atom stereocenters. The number of nitrogens with one attached hydrogen (secondary N) is 1. The lowest BCUT2D eigenvalue weighted by atomic mass is 10.1. The fourth-order valence-electron chi connectivity index (χ4n) is 1.92. The summed E-state index contributed by atoms with van der Waals surface area (Å²) in [6.07, 6.45) is 2.75. The first-order valence-corrected chi connectivity index (χ1v) is 6.46. The number of nitrogens with zero attached hydrogens (tertiary/aromatic N) is 4. The molecule has 2 rings (SSSR count). The van der Waals surface area contributed by atoms with Crippen molar-refractivity contribution in [3.63, 3.8) is 0 Å². The lowest BCUT2D eigenvalue weighted by molar-refractivity contribution is 0.371. The molecular weight excluding hydrogens is 214 g/mol. The number of hydrogen-bond donors (Lipinski definition) is 1. The summed E-state index contributed by atoms with van der Waals surface area (Å²) in [7, 11) is 0. The molecule has 1 aliphatic rings. The zero-order chi connectivity index (χ0) is 12.5. The van der Waals surface area contributed by atoms with Gasteiger partial charge >= 0.3 is 0 Å². The van der Waals surface area contributed by atoms with E-state index < -0.39 is 0 Å². The molecule has 0 spiro atoms. The molecule has 0 bridgehead atoms. The molecule has 1 saturated carbocycles. The maximum atomic E-state index is 4.09. The van der Waals surface area contributed by atoms with Crippen molar-refractivity contribution < 1.29 is 0 Å². The smallest absolute Gasteiger partial charge is 0.165 e.